The van der Waals surface area contributed by atoms with Crippen LogP contribution in [0.4, 0.5) is 0 Å². The van der Waals surface area contributed by atoms with Crippen LogP contribution in [0, 0.1) is 0 Å². The van der Waals surface area contributed by atoms with Gasteiger partial charge in [0.2, 0.25) is 0 Å². The predicted octanol–water partition coefficient (Wildman–Crippen LogP) is 4.33. The van der Waals surface area contributed by atoms with Gasteiger partial charge in [-0.2, -0.15) is 0 Å². The lowest BCUT2D eigenvalue weighted by molar-refractivity contribution is 0.622. The molecule has 0 radical (unpaired) electrons. The summed E-state index contributed by atoms with van der Waals surface area (Å²) in [6.45, 7) is 4.25. The first-order chi connectivity index (χ1) is 9.18. The van der Waals surface area contributed by atoms with E-state index in [0.29, 0.717) is 11.2 Å². The van der Waals surface area contributed by atoms with Crippen LogP contribution in [0.3, 0.4) is 0 Å². The van der Waals surface area contributed by atoms with Gasteiger partial charge in [-0.05, 0) is 19.4 Å². The van der Waals surface area contributed by atoms with Crippen LogP contribution < -0.4 is 0 Å². The van der Waals surface area contributed by atoms with Crippen LogP contribution in [0.2, 0.25) is 5.15 Å². The number of hydrogen-bond donors (Lipinski definition) is 0. The lowest BCUT2D eigenvalue weighted by Crippen LogP contribution is -1.99. The van der Waals surface area contributed by atoms with Crippen LogP contribution in [0.5, 0.6) is 0 Å². The van der Waals surface area contributed by atoms with Crippen molar-refractivity contribution in [2.45, 2.75) is 19.9 Å². The Morgan fingerprint density at radius 3 is 2.53 bits per heavy atom. The van der Waals surface area contributed by atoms with E-state index in [1.807, 2.05) is 18.2 Å². The Bertz CT molecular complexity index is 717. The molecular weight excluding hydrogens is 258 g/mol. The summed E-state index contributed by atoms with van der Waals surface area (Å²) in [5.41, 5.74) is 4.04. The molecule has 0 aliphatic carbocycles. The molecule has 0 spiro atoms. The molecule has 3 aromatic rings. The molecule has 0 bridgehead atoms. The highest BCUT2D eigenvalue weighted by Crippen LogP contribution is 2.33. The lowest BCUT2D eigenvalue weighted by atomic mass is 10.1. The standard InChI is InChI=1S/C15H14ClN3/c1-10(2)19-8-12(11-6-4-3-5-7-11)13-14(19)15(16)18-9-17-13/h3-10H,1-2H3. The second-order valence-corrected chi connectivity index (χ2v) is 5.13. The Morgan fingerprint density at radius 1 is 1.11 bits per heavy atom. The van der Waals surface area contributed by atoms with E-state index in [2.05, 4.69) is 46.7 Å². The third-order valence-corrected chi connectivity index (χ3v) is 3.48. The van der Waals surface area contributed by atoms with E-state index in [1.165, 1.54) is 6.33 Å². The number of benzene rings is 1. The molecule has 0 saturated carbocycles. The minimum atomic E-state index is 0.309. The van der Waals surface area contributed by atoms with Crippen LogP contribution >= 0.6 is 11.6 Å². The van der Waals surface area contributed by atoms with E-state index in [9.17, 15) is 0 Å². The number of aromatic nitrogens is 3. The fourth-order valence-electron chi connectivity index (χ4n) is 2.28. The Kier molecular flexibility index (Phi) is 2.99. The van der Waals surface area contributed by atoms with E-state index in [-0.39, 0.29) is 0 Å². The summed E-state index contributed by atoms with van der Waals surface area (Å²) in [5, 5.41) is 0.501. The molecule has 19 heavy (non-hydrogen) atoms. The average Bonchev–Trinajstić information content (AvgIpc) is 2.81. The summed E-state index contributed by atoms with van der Waals surface area (Å²) in [7, 11) is 0. The summed E-state index contributed by atoms with van der Waals surface area (Å²) in [4.78, 5) is 8.50. The number of halogens is 1. The Labute approximate surface area is 116 Å². The van der Waals surface area contributed by atoms with Gasteiger partial charge in [-0.15, -0.1) is 0 Å². The van der Waals surface area contributed by atoms with Crippen molar-refractivity contribution in [3.63, 3.8) is 0 Å². The molecule has 0 fully saturated rings. The molecule has 1 aromatic carbocycles. The fourth-order valence-corrected chi connectivity index (χ4v) is 2.51. The van der Waals surface area contributed by atoms with Crippen molar-refractivity contribution in [2.24, 2.45) is 0 Å². The van der Waals surface area contributed by atoms with E-state index >= 15 is 0 Å². The molecule has 0 aliphatic rings. The SMILES string of the molecule is CC(C)n1cc(-c2ccccc2)c2ncnc(Cl)c21. The van der Waals surface area contributed by atoms with Gasteiger partial charge in [-0.25, -0.2) is 9.97 Å². The second-order valence-electron chi connectivity index (χ2n) is 4.77. The molecule has 2 heterocycles. The van der Waals surface area contributed by atoms with E-state index < -0.39 is 0 Å². The normalized spacial score (nSPS) is 11.4. The highest BCUT2D eigenvalue weighted by atomic mass is 35.5. The Balaban J connectivity index is 2.36. The van der Waals surface area contributed by atoms with Gasteiger partial charge in [-0.1, -0.05) is 41.9 Å². The molecule has 0 saturated heterocycles. The zero-order chi connectivity index (χ0) is 13.4. The van der Waals surface area contributed by atoms with Crippen molar-refractivity contribution < 1.29 is 0 Å². The van der Waals surface area contributed by atoms with Crippen LogP contribution in [-0.2, 0) is 0 Å². The number of hydrogen-bond acceptors (Lipinski definition) is 2. The molecule has 0 amide bonds. The van der Waals surface area contributed by atoms with E-state index in [0.717, 1.165) is 22.2 Å². The first-order valence-electron chi connectivity index (χ1n) is 6.25. The molecule has 2 aromatic heterocycles. The van der Waals surface area contributed by atoms with Gasteiger partial charge in [0.15, 0.2) is 5.15 Å². The lowest BCUT2D eigenvalue weighted by Gasteiger charge is -2.08. The monoisotopic (exact) mass is 271 g/mol. The van der Waals surface area contributed by atoms with Gasteiger partial charge in [0, 0.05) is 17.8 Å². The zero-order valence-electron chi connectivity index (χ0n) is 10.8. The molecule has 0 N–H and O–H groups in total. The molecule has 96 valence electrons. The van der Waals surface area contributed by atoms with Crippen LogP contribution in [0.1, 0.15) is 19.9 Å². The van der Waals surface area contributed by atoms with Crippen LogP contribution in [0.25, 0.3) is 22.2 Å². The molecule has 3 nitrogen and oxygen atoms in total. The minimum absolute atomic E-state index is 0.309. The number of nitrogens with zero attached hydrogens (tertiary/aromatic N) is 3. The maximum Gasteiger partial charge on any atom is 0.156 e. The quantitative estimate of drug-likeness (QED) is 0.650. The average molecular weight is 272 g/mol. The van der Waals surface area contributed by atoms with Gasteiger partial charge in [0.05, 0.1) is 0 Å². The molecule has 3 rings (SSSR count). The Hall–Kier alpha value is -1.87. The largest absolute Gasteiger partial charge is 0.341 e. The summed E-state index contributed by atoms with van der Waals surface area (Å²) >= 11 is 6.24. The first-order valence-corrected chi connectivity index (χ1v) is 6.62. The van der Waals surface area contributed by atoms with Crippen LogP contribution in [0.15, 0.2) is 42.9 Å². The van der Waals surface area contributed by atoms with Crippen molar-refractivity contribution >= 4 is 22.6 Å². The summed E-state index contributed by atoms with van der Waals surface area (Å²) < 4.78 is 2.12. The van der Waals surface area contributed by atoms with Gasteiger partial charge < -0.3 is 4.57 Å². The fraction of sp³-hybridized carbons (Fsp3) is 0.200. The predicted molar refractivity (Wildman–Crippen MR) is 78.4 cm³/mol. The van der Waals surface area contributed by atoms with Crippen molar-refractivity contribution in [1.29, 1.82) is 0 Å². The summed E-state index contributed by atoms with van der Waals surface area (Å²) in [5.74, 6) is 0. The molecule has 0 atom stereocenters. The van der Waals surface area contributed by atoms with Crippen molar-refractivity contribution in [2.75, 3.05) is 0 Å². The first kappa shape index (κ1) is 12.2. The highest BCUT2D eigenvalue weighted by Gasteiger charge is 2.16. The van der Waals surface area contributed by atoms with Gasteiger partial charge in [-0.3, -0.25) is 0 Å². The van der Waals surface area contributed by atoms with Crippen LogP contribution in [-0.4, -0.2) is 14.5 Å². The maximum atomic E-state index is 6.24. The van der Waals surface area contributed by atoms with E-state index in [4.69, 9.17) is 11.6 Å². The third-order valence-electron chi connectivity index (χ3n) is 3.20. The van der Waals surface area contributed by atoms with Crippen molar-refractivity contribution in [3.8, 4) is 11.1 Å². The third kappa shape index (κ3) is 2.00. The highest BCUT2D eigenvalue weighted by molar-refractivity contribution is 6.34. The molecule has 0 aliphatic heterocycles. The zero-order valence-corrected chi connectivity index (χ0v) is 11.6. The van der Waals surface area contributed by atoms with Gasteiger partial charge in [0.25, 0.3) is 0 Å². The van der Waals surface area contributed by atoms with Crippen molar-refractivity contribution in [3.05, 3.63) is 48.0 Å². The summed E-state index contributed by atoms with van der Waals surface area (Å²) in [6.07, 6.45) is 3.62. The molecule has 4 heteroatoms. The molecular formula is C15H14ClN3. The molecule has 0 unspecified atom stereocenters. The van der Waals surface area contributed by atoms with E-state index in [1.54, 1.807) is 0 Å². The number of rotatable bonds is 2. The van der Waals surface area contributed by atoms with Gasteiger partial charge >= 0.3 is 0 Å². The van der Waals surface area contributed by atoms with Gasteiger partial charge in [0.1, 0.15) is 17.4 Å². The van der Waals surface area contributed by atoms with Crippen molar-refractivity contribution in [1.82, 2.24) is 14.5 Å². The topological polar surface area (TPSA) is 30.7 Å². The summed E-state index contributed by atoms with van der Waals surface area (Å²) in [6, 6.07) is 10.5. The minimum Gasteiger partial charge on any atom is -0.341 e. The number of fused-ring (bicyclic) bond motifs is 1. The second kappa shape index (κ2) is 4.67. The maximum absolute atomic E-state index is 6.24. The Morgan fingerprint density at radius 2 is 1.84 bits per heavy atom. The smallest absolute Gasteiger partial charge is 0.156 e.